The molecule has 2 fully saturated rings. The number of hydrogen-bond acceptors (Lipinski definition) is 3. The van der Waals surface area contributed by atoms with Gasteiger partial charge < -0.3 is 9.88 Å². The van der Waals surface area contributed by atoms with Gasteiger partial charge in [-0.05, 0) is 37.7 Å². The molecular formula is C13H16N4. The highest BCUT2D eigenvalue weighted by molar-refractivity contribution is 5.87. The summed E-state index contributed by atoms with van der Waals surface area (Å²) in [6.07, 6.45) is 9.07. The van der Waals surface area contributed by atoms with Crippen LogP contribution in [0.3, 0.4) is 0 Å². The molecule has 0 radical (unpaired) electrons. The Hall–Kier alpha value is -1.58. The van der Waals surface area contributed by atoms with Gasteiger partial charge in [0.1, 0.15) is 17.8 Å². The molecule has 1 saturated heterocycles. The standard InChI is InChI=1S/C13H16N4/c1-2-11(9-3-4-9)17(7-1)13-10-5-6-14-12(10)15-8-16-13/h5-6,8-9,11H,1-4,7H2,(H,14,15,16)/t11-/m0/s1. The summed E-state index contributed by atoms with van der Waals surface area (Å²) in [6.45, 7) is 1.15. The van der Waals surface area contributed by atoms with Gasteiger partial charge in [-0.3, -0.25) is 0 Å². The van der Waals surface area contributed by atoms with Crippen LogP contribution in [0.25, 0.3) is 11.0 Å². The fourth-order valence-electron chi connectivity index (χ4n) is 3.11. The number of hydrogen-bond donors (Lipinski definition) is 1. The van der Waals surface area contributed by atoms with Gasteiger partial charge in [0.15, 0.2) is 0 Å². The lowest BCUT2D eigenvalue weighted by Gasteiger charge is -2.26. The predicted octanol–water partition coefficient (Wildman–Crippen LogP) is 2.34. The van der Waals surface area contributed by atoms with E-state index in [0.29, 0.717) is 0 Å². The van der Waals surface area contributed by atoms with Crippen molar-refractivity contribution in [3.8, 4) is 0 Å². The van der Waals surface area contributed by atoms with Crippen LogP contribution in [-0.4, -0.2) is 27.5 Å². The third-order valence-corrected chi connectivity index (χ3v) is 4.07. The maximum atomic E-state index is 4.52. The van der Waals surface area contributed by atoms with E-state index in [2.05, 4.69) is 25.9 Å². The smallest absolute Gasteiger partial charge is 0.142 e. The number of nitrogens with zero attached hydrogens (tertiary/aromatic N) is 3. The second-order valence-electron chi connectivity index (χ2n) is 5.18. The minimum atomic E-state index is 0.725. The molecule has 4 heteroatoms. The Labute approximate surface area is 100 Å². The minimum absolute atomic E-state index is 0.725. The lowest BCUT2D eigenvalue weighted by molar-refractivity contribution is 0.589. The average molecular weight is 228 g/mol. The van der Waals surface area contributed by atoms with Crippen molar-refractivity contribution in [3.05, 3.63) is 18.6 Å². The quantitative estimate of drug-likeness (QED) is 0.858. The van der Waals surface area contributed by atoms with E-state index < -0.39 is 0 Å². The molecular weight excluding hydrogens is 212 g/mol. The Morgan fingerprint density at radius 2 is 2.18 bits per heavy atom. The summed E-state index contributed by atoms with van der Waals surface area (Å²) in [5.74, 6) is 2.05. The van der Waals surface area contributed by atoms with E-state index in [1.54, 1.807) is 6.33 Å². The molecule has 1 N–H and O–H groups in total. The molecule has 0 unspecified atom stereocenters. The van der Waals surface area contributed by atoms with Crippen LogP contribution >= 0.6 is 0 Å². The summed E-state index contributed by atoms with van der Waals surface area (Å²) in [7, 11) is 0. The molecule has 1 atom stereocenters. The molecule has 0 amide bonds. The first-order valence-electron chi connectivity index (χ1n) is 6.48. The van der Waals surface area contributed by atoms with Crippen molar-refractivity contribution in [1.29, 1.82) is 0 Å². The van der Waals surface area contributed by atoms with Gasteiger partial charge in [-0.25, -0.2) is 9.97 Å². The molecule has 88 valence electrons. The third-order valence-electron chi connectivity index (χ3n) is 4.07. The fraction of sp³-hybridized carbons (Fsp3) is 0.538. The highest BCUT2D eigenvalue weighted by Gasteiger charge is 2.38. The number of nitrogens with one attached hydrogen (secondary N) is 1. The molecule has 4 rings (SSSR count). The minimum Gasteiger partial charge on any atom is -0.353 e. The topological polar surface area (TPSA) is 44.8 Å². The molecule has 0 bridgehead atoms. The molecule has 1 aliphatic carbocycles. The largest absolute Gasteiger partial charge is 0.353 e. The third kappa shape index (κ3) is 1.43. The van der Waals surface area contributed by atoms with Gasteiger partial charge >= 0.3 is 0 Å². The van der Waals surface area contributed by atoms with Crippen LogP contribution in [0, 0.1) is 5.92 Å². The highest BCUT2D eigenvalue weighted by atomic mass is 15.2. The summed E-state index contributed by atoms with van der Waals surface area (Å²) < 4.78 is 0. The van der Waals surface area contributed by atoms with Gasteiger partial charge in [0, 0.05) is 18.8 Å². The maximum Gasteiger partial charge on any atom is 0.142 e. The van der Waals surface area contributed by atoms with Crippen LogP contribution in [0.1, 0.15) is 25.7 Å². The van der Waals surface area contributed by atoms with E-state index in [9.17, 15) is 0 Å². The van der Waals surface area contributed by atoms with E-state index in [-0.39, 0.29) is 0 Å². The van der Waals surface area contributed by atoms with Crippen LogP contribution in [0.5, 0.6) is 0 Å². The molecule has 1 saturated carbocycles. The van der Waals surface area contributed by atoms with Crippen LogP contribution < -0.4 is 4.90 Å². The zero-order chi connectivity index (χ0) is 11.2. The molecule has 0 spiro atoms. The normalized spacial score (nSPS) is 24.7. The van der Waals surface area contributed by atoms with Crippen molar-refractivity contribution in [2.75, 3.05) is 11.4 Å². The Bertz CT molecular complexity index is 543. The van der Waals surface area contributed by atoms with Crippen molar-refractivity contribution >= 4 is 16.9 Å². The van der Waals surface area contributed by atoms with Crippen molar-refractivity contribution in [3.63, 3.8) is 0 Å². The summed E-state index contributed by atoms with van der Waals surface area (Å²) in [5.41, 5.74) is 0.955. The van der Waals surface area contributed by atoms with E-state index in [4.69, 9.17) is 0 Å². The second-order valence-corrected chi connectivity index (χ2v) is 5.18. The first kappa shape index (κ1) is 9.45. The average Bonchev–Trinajstić information content (AvgIpc) is 2.92. The van der Waals surface area contributed by atoms with E-state index >= 15 is 0 Å². The maximum absolute atomic E-state index is 4.52. The van der Waals surface area contributed by atoms with Gasteiger partial charge in [-0.15, -0.1) is 0 Å². The van der Waals surface area contributed by atoms with Crippen LogP contribution in [0.15, 0.2) is 18.6 Å². The van der Waals surface area contributed by atoms with E-state index in [1.807, 2.05) is 6.20 Å². The second kappa shape index (κ2) is 3.45. The van der Waals surface area contributed by atoms with Crippen LogP contribution in [0.2, 0.25) is 0 Å². The molecule has 2 aliphatic rings. The van der Waals surface area contributed by atoms with Gasteiger partial charge in [-0.1, -0.05) is 0 Å². The van der Waals surface area contributed by atoms with E-state index in [0.717, 1.165) is 30.0 Å². The molecule has 2 aromatic rings. The van der Waals surface area contributed by atoms with Gasteiger partial charge in [-0.2, -0.15) is 0 Å². The first-order chi connectivity index (χ1) is 8.43. The van der Waals surface area contributed by atoms with Crippen molar-refractivity contribution in [1.82, 2.24) is 15.0 Å². The monoisotopic (exact) mass is 228 g/mol. The van der Waals surface area contributed by atoms with Crippen molar-refractivity contribution in [2.24, 2.45) is 5.92 Å². The highest BCUT2D eigenvalue weighted by Crippen LogP contribution is 2.42. The van der Waals surface area contributed by atoms with Crippen LogP contribution in [0.4, 0.5) is 5.82 Å². The Balaban J connectivity index is 1.79. The summed E-state index contributed by atoms with van der Waals surface area (Å²) in [6, 6.07) is 2.82. The summed E-state index contributed by atoms with van der Waals surface area (Å²) in [5, 5.41) is 1.17. The van der Waals surface area contributed by atoms with E-state index in [1.165, 1.54) is 31.1 Å². The zero-order valence-electron chi connectivity index (χ0n) is 9.76. The molecule has 2 aromatic heterocycles. The Morgan fingerprint density at radius 3 is 3.06 bits per heavy atom. The summed E-state index contributed by atoms with van der Waals surface area (Å²) >= 11 is 0. The molecule has 17 heavy (non-hydrogen) atoms. The summed E-state index contributed by atoms with van der Waals surface area (Å²) in [4.78, 5) is 14.5. The zero-order valence-corrected chi connectivity index (χ0v) is 9.76. The Morgan fingerprint density at radius 1 is 1.24 bits per heavy atom. The van der Waals surface area contributed by atoms with Gasteiger partial charge in [0.2, 0.25) is 0 Å². The molecule has 0 aromatic carbocycles. The number of H-pyrrole nitrogens is 1. The lowest BCUT2D eigenvalue weighted by Crippen LogP contribution is -2.31. The molecule has 4 nitrogen and oxygen atoms in total. The first-order valence-corrected chi connectivity index (χ1v) is 6.48. The SMILES string of the molecule is c1nc(N2CCC[C@H]2C2CC2)c2cc[nH]c2n1. The Kier molecular flexibility index (Phi) is 1.92. The molecule has 3 heterocycles. The number of fused-ring (bicyclic) bond motifs is 1. The lowest BCUT2D eigenvalue weighted by atomic mass is 10.1. The van der Waals surface area contributed by atoms with Gasteiger partial charge in [0.25, 0.3) is 0 Å². The fourth-order valence-corrected chi connectivity index (χ4v) is 3.11. The number of rotatable bonds is 2. The van der Waals surface area contributed by atoms with Crippen molar-refractivity contribution < 1.29 is 0 Å². The number of aromatic amines is 1. The molecule has 1 aliphatic heterocycles. The van der Waals surface area contributed by atoms with Crippen molar-refractivity contribution in [2.45, 2.75) is 31.7 Å². The van der Waals surface area contributed by atoms with Gasteiger partial charge in [0.05, 0.1) is 5.39 Å². The number of anilines is 1. The van der Waals surface area contributed by atoms with Crippen LogP contribution in [-0.2, 0) is 0 Å². The predicted molar refractivity (Wildman–Crippen MR) is 67.0 cm³/mol. The number of aromatic nitrogens is 3.